The van der Waals surface area contributed by atoms with Crippen LogP contribution in [0.5, 0.6) is 0 Å². The molecule has 43 heavy (non-hydrogen) atoms. The lowest BCUT2D eigenvalue weighted by atomic mass is 9.55. The number of hydrogen-bond donors (Lipinski definition) is 0. The van der Waals surface area contributed by atoms with E-state index in [9.17, 15) is 0 Å². The number of benzene rings is 5. The second-order valence-corrected chi connectivity index (χ2v) is 12.5. The van der Waals surface area contributed by atoms with E-state index >= 15 is 0 Å². The molecule has 0 fully saturated rings. The van der Waals surface area contributed by atoms with Gasteiger partial charge in [0.15, 0.2) is 17.5 Å². The second kappa shape index (κ2) is 9.20. The van der Waals surface area contributed by atoms with Crippen LogP contribution in [0.15, 0.2) is 120 Å². The summed E-state index contributed by atoms with van der Waals surface area (Å²) in [7, 11) is 0. The molecule has 7 aromatic rings. The van der Waals surface area contributed by atoms with Gasteiger partial charge in [-0.3, -0.25) is 0 Å². The number of aromatic nitrogens is 3. The van der Waals surface area contributed by atoms with Crippen LogP contribution in [-0.4, -0.2) is 15.0 Å². The van der Waals surface area contributed by atoms with E-state index in [0.29, 0.717) is 17.5 Å². The molecular formula is C39H31N3O. The van der Waals surface area contributed by atoms with Crippen LogP contribution in [0.2, 0.25) is 0 Å². The third-order valence-corrected chi connectivity index (χ3v) is 9.70. The SMILES string of the molecule is CC1(C)c2cc(-c3nc(-c4ccccc4)nc(-c4ccccc4)n3)ccc2-c2c(ccc3oc4ccccc4c23)C1(C)C. The Morgan fingerprint density at radius 2 is 1.05 bits per heavy atom. The van der Waals surface area contributed by atoms with Crippen LogP contribution in [0, 0.1) is 0 Å². The maximum absolute atomic E-state index is 6.33. The number of hydrogen-bond acceptors (Lipinski definition) is 4. The minimum atomic E-state index is -0.171. The zero-order valence-electron chi connectivity index (χ0n) is 24.7. The number of rotatable bonds is 3. The summed E-state index contributed by atoms with van der Waals surface area (Å²) in [5, 5.41) is 2.33. The highest BCUT2D eigenvalue weighted by Crippen LogP contribution is 2.56. The van der Waals surface area contributed by atoms with Crippen molar-refractivity contribution in [1.82, 2.24) is 15.0 Å². The van der Waals surface area contributed by atoms with E-state index in [1.54, 1.807) is 0 Å². The van der Waals surface area contributed by atoms with E-state index in [1.165, 1.54) is 27.6 Å². The molecule has 0 aliphatic heterocycles. The van der Waals surface area contributed by atoms with Crippen molar-refractivity contribution in [2.75, 3.05) is 0 Å². The summed E-state index contributed by atoms with van der Waals surface area (Å²) in [6, 6.07) is 39.8. The van der Waals surface area contributed by atoms with Gasteiger partial charge in [-0.15, -0.1) is 0 Å². The van der Waals surface area contributed by atoms with Gasteiger partial charge in [-0.05, 0) is 51.3 Å². The molecule has 0 atom stereocenters. The summed E-state index contributed by atoms with van der Waals surface area (Å²) in [5.41, 5.74) is 9.54. The lowest BCUT2D eigenvalue weighted by Crippen LogP contribution is -2.43. The van der Waals surface area contributed by atoms with Crippen molar-refractivity contribution in [2.45, 2.75) is 38.5 Å². The molecule has 0 N–H and O–H groups in total. The summed E-state index contributed by atoms with van der Waals surface area (Å²) in [6.07, 6.45) is 0. The minimum Gasteiger partial charge on any atom is -0.456 e. The lowest BCUT2D eigenvalue weighted by molar-refractivity contribution is 0.299. The van der Waals surface area contributed by atoms with Gasteiger partial charge in [-0.1, -0.05) is 125 Å². The Bertz CT molecular complexity index is 2120. The molecule has 0 unspecified atom stereocenters. The molecule has 4 nitrogen and oxygen atoms in total. The monoisotopic (exact) mass is 557 g/mol. The van der Waals surface area contributed by atoms with Crippen LogP contribution in [0.3, 0.4) is 0 Å². The van der Waals surface area contributed by atoms with Crippen molar-refractivity contribution in [3.63, 3.8) is 0 Å². The van der Waals surface area contributed by atoms with E-state index in [1.807, 2.05) is 66.7 Å². The molecule has 5 aromatic carbocycles. The molecule has 2 heterocycles. The van der Waals surface area contributed by atoms with Gasteiger partial charge in [0.1, 0.15) is 11.2 Å². The van der Waals surface area contributed by atoms with E-state index in [2.05, 4.69) is 76.2 Å². The predicted molar refractivity (Wildman–Crippen MR) is 175 cm³/mol. The van der Waals surface area contributed by atoms with Crippen molar-refractivity contribution in [2.24, 2.45) is 0 Å². The van der Waals surface area contributed by atoms with E-state index < -0.39 is 0 Å². The van der Waals surface area contributed by atoms with Crippen LogP contribution < -0.4 is 0 Å². The van der Waals surface area contributed by atoms with Crippen LogP contribution >= 0.6 is 0 Å². The van der Waals surface area contributed by atoms with Gasteiger partial charge in [0.05, 0.1) is 0 Å². The number of furan rings is 1. The minimum absolute atomic E-state index is 0.149. The van der Waals surface area contributed by atoms with Crippen LogP contribution in [0.25, 0.3) is 67.2 Å². The number of fused-ring (bicyclic) bond motifs is 7. The molecular weight excluding hydrogens is 526 g/mol. The van der Waals surface area contributed by atoms with Gasteiger partial charge in [0, 0.05) is 27.5 Å². The smallest absolute Gasteiger partial charge is 0.164 e. The molecule has 4 heteroatoms. The zero-order valence-corrected chi connectivity index (χ0v) is 24.7. The highest BCUT2D eigenvalue weighted by molar-refractivity contribution is 6.14. The molecule has 8 rings (SSSR count). The largest absolute Gasteiger partial charge is 0.456 e. The fourth-order valence-electron chi connectivity index (χ4n) is 6.65. The number of nitrogens with zero attached hydrogens (tertiary/aromatic N) is 3. The first-order chi connectivity index (χ1) is 20.8. The van der Waals surface area contributed by atoms with Gasteiger partial charge < -0.3 is 4.42 Å². The zero-order chi connectivity index (χ0) is 29.3. The standard InChI is InChI=1S/C39H31N3O/c1-38(2)29-21-22-32-34(28-17-11-12-18-31(28)43-32)33(29)27-20-19-26(23-30(27)39(38,3)4)37-41-35(24-13-7-5-8-14-24)40-36(42-37)25-15-9-6-10-16-25/h5-23H,1-4H3. The summed E-state index contributed by atoms with van der Waals surface area (Å²) < 4.78 is 6.33. The Labute approximate surface area is 251 Å². The first-order valence-corrected chi connectivity index (χ1v) is 14.8. The molecule has 0 bridgehead atoms. The Morgan fingerprint density at radius 3 is 1.70 bits per heavy atom. The third kappa shape index (κ3) is 3.79. The van der Waals surface area contributed by atoms with E-state index in [4.69, 9.17) is 19.4 Å². The van der Waals surface area contributed by atoms with E-state index in [-0.39, 0.29) is 10.8 Å². The molecule has 0 spiro atoms. The Balaban J connectivity index is 1.39. The number of para-hydroxylation sites is 1. The summed E-state index contributed by atoms with van der Waals surface area (Å²) in [4.78, 5) is 14.9. The van der Waals surface area contributed by atoms with Crippen LogP contribution in [0.1, 0.15) is 38.8 Å². The fourth-order valence-corrected chi connectivity index (χ4v) is 6.65. The molecule has 2 aromatic heterocycles. The molecule has 0 amide bonds. The Kier molecular flexibility index (Phi) is 5.48. The fraction of sp³-hybridized carbons (Fsp3) is 0.154. The van der Waals surface area contributed by atoms with Crippen LogP contribution in [-0.2, 0) is 10.8 Å². The quantitative estimate of drug-likeness (QED) is 0.217. The Morgan fingerprint density at radius 1 is 0.488 bits per heavy atom. The predicted octanol–water partition coefficient (Wildman–Crippen LogP) is 10.0. The van der Waals surface area contributed by atoms with Gasteiger partial charge in [-0.25, -0.2) is 15.0 Å². The van der Waals surface area contributed by atoms with Crippen molar-refractivity contribution in [1.29, 1.82) is 0 Å². The maximum atomic E-state index is 6.33. The van der Waals surface area contributed by atoms with Crippen molar-refractivity contribution in [3.05, 3.63) is 126 Å². The average molecular weight is 558 g/mol. The van der Waals surface area contributed by atoms with Crippen LogP contribution in [0.4, 0.5) is 0 Å². The molecule has 208 valence electrons. The highest BCUT2D eigenvalue weighted by Gasteiger charge is 2.46. The molecule has 0 saturated heterocycles. The topological polar surface area (TPSA) is 51.8 Å². The molecule has 1 aliphatic carbocycles. The van der Waals surface area contributed by atoms with Crippen molar-refractivity contribution < 1.29 is 4.42 Å². The third-order valence-electron chi connectivity index (χ3n) is 9.70. The Hall–Kier alpha value is -5.09. The normalized spacial score (nSPS) is 14.9. The van der Waals surface area contributed by atoms with Gasteiger partial charge in [-0.2, -0.15) is 0 Å². The lowest BCUT2D eigenvalue weighted by Gasteiger charge is -2.48. The molecule has 1 aliphatic rings. The molecule has 0 saturated carbocycles. The van der Waals surface area contributed by atoms with Gasteiger partial charge >= 0.3 is 0 Å². The van der Waals surface area contributed by atoms with Gasteiger partial charge in [0.25, 0.3) is 0 Å². The van der Waals surface area contributed by atoms with Crippen molar-refractivity contribution >= 4 is 21.9 Å². The summed E-state index contributed by atoms with van der Waals surface area (Å²) in [6.45, 7) is 9.43. The highest BCUT2D eigenvalue weighted by atomic mass is 16.3. The van der Waals surface area contributed by atoms with Crippen molar-refractivity contribution in [3.8, 4) is 45.3 Å². The molecule has 0 radical (unpaired) electrons. The first-order valence-electron chi connectivity index (χ1n) is 14.8. The average Bonchev–Trinajstić information content (AvgIpc) is 3.43. The first kappa shape index (κ1) is 25.6. The summed E-state index contributed by atoms with van der Waals surface area (Å²) >= 11 is 0. The summed E-state index contributed by atoms with van der Waals surface area (Å²) in [5.74, 6) is 2.00. The second-order valence-electron chi connectivity index (χ2n) is 12.5. The van der Waals surface area contributed by atoms with Gasteiger partial charge in [0.2, 0.25) is 0 Å². The maximum Gasteiger partial charge on any atom is 0.164 e. The van der Waals surface area contributed by atoms with E-state index in [0.717, 1.165) is 33.2 Å².